The molecule has 9 heteroatoms. The number of carbonyl (C=O) groups is 2. The Morgan fingerprint density at radius 3 is 2.25 bits per heavy atom. The van der Waals surface area contributed by atoms with Crippen LogP contribution in [0.4, 0.5) is 13.2 Å². The molecule has 6 nitrogen and oxygen atoms in total. The number of aliphatic hydroxyl groups excluding tert-OH is 1. The minimum Gasteiger partial charge on any atom is -0.486 e. The van der Waals surface area contributed by atoms with Gasteiger partial charge >= 0.3 is 6.18 Å². The zero-order chi connectivity index (χ0) is 28.7. The van der Waals surface area contributed by atoms with Crippen molar-refractivity contribution in [2.75, 3.05) is 6.54 Å². The van der Waals surface area contributed by atoms with Crippen LogP contribution < -0.4 is 15.8 Å². The molecule has 4 rings (SSSR count). The fraction of sp³-hybridized carbons (Fsp3) is 0.355. The molecule has 0 radical (unpaired) electrons. The molecule has 0 bridgehead atoms. The first-order valence-corrected chi connectivity index (χ1v) is 13.4. The summed E-state index contributed by atoms with van der Waals surface area (Å²) in [5.74, 6) is -0.324. The summed E-state index contributed by atoms with van der Waals surface area (Å²) in [5.41, 5.74) is 7.06. The third kappa shape index (κ3) is 7.85. The van der Waals surface area contributed by atoms with Gasteiger partial charge in [-0.3, -0.25) is 9.59 Å². The lowest BCUT2D eigenvalue weighted by molar-refractivity contribution is -0.137. The number of ether oxygens (including phenoxy) is 1. The Kier molecular flexibility index (Phi) is 9.47. The van der Waals surface area contributed by atoms with Gasteiger partial charge in [-0.15, -0.1) is 0 Å². The highest BCUT2D eigenvalue weighted by Crippen LogP contribution is 2.36. The van der Waals surface area contributed by atoms with Gasteiger partial charge in [0.1, 0.15) is 18.0 Å². The number of primary amides is 1. The van der Waals surface area contributed by atoms with E-state index in [9.17, 15) is 27.9 Å². The largest absolute Gasteiger partial charge is 0.486 e. The molecule has 2 atom stereocenters. The summed E-state index contributed by atoms with van der Waals surface area (Å²) < 4.78 is 45.5. The quantitative estimate of drug-likeness (QED) is 0.284. The molecular weight excluding hydrogens is 521 g/mol. The van der Waals surface area contributed by atoms with Crippen molar-refractivity contribution in [3.8, 4) is 16.9 Å². The van der Waals surface area contributed by atoms with Crippen LogP contribution in [0.25, 0.3) is 11.1 Å². The summed E-state index contributed by atoms with van der Waals surface area (Å²) in [5, 5.41) is 12.0. The highest BCUT2D eigenvalue weighted by atomic mass is 19.4. The van der Waals surface area contributed by atoms with Crippen molar-refractivity contribution in [2.24, 2.45) is 11.7 Å². The fourth-order valence-electron chi connectivity index (χ4n) is 4.99. The molecule has 0 spiro atoms. The van der Waals surface area contributed by atoms with Crippen molar-refractivity contribution in [3.05, 3.63) is 89.5 Å². The number of halogens is 3. The van der Waals surface area contributed by atoms with Crippen LogP contribution in [0.5, 0.6) is 5.75 Å². The van der Waals surface area contributed by atoms with Gasteiger partial charge in [0.2, 0.25) is 5.91 Å². The Balaban J connectivity index is 1.52. The third-order valence-corrected chi connectivity index (χ3v) is 7.26. The van der Waals surface area contributed by atoms with E-state index in [-0.39, 0.29) is 12.6 Å². The second kappa shape index (κ2) is 13.0. The number of rotatable bonds is 10. The van der Waals surface area contributed by atoms with Crippen LogP contribution in [0.1, 0.15) is 66.1 Å². The van der Waals surface area contributed by atoms with Crippen LogP contribution in [0, 0.1) is 5.92 Å². The van der Waals surface area contributed by atoms with Crippen molar-refractivity contribution < 1.29 is 32.6 Å². The first kappa shape index (κ1) is 29.1. The van der Waals surface area contributed by atoms with E-state index >= 15 is 0 Å². The zero-order valence-corrected chi connectivity index (χ0v) is 22.0. The van der Waals surface area contributed by atoms with Crippen LogP contribution in [-0.4, -0.2) is 29.6 Å². The van der Waals surface area contributed by atoms with Crippen LogP contribution in [0.3, 0.4) is 0 Å². The third-order valence-electron chi connectivity index (χ3n) is 7.26. The molecular formula is C31H33F3N2O4. The van der Waals surface area contributed by atoms with Gasteiger partial charge < -0.3 is 20.9 Å². The summed E-state index contributed by atoms with van der Waals surface area (Å²) in [7, 11) is 0. The molecule has 1 saturated carbocycles. The Labute approximate surface area is 231 Å². The summed E-state index contributed by atoms with van der Waals surface area (Å²) in [6.07, 6.45) is 0.473. The molecule has 3 aromatic carbocycles. The summed E-state index contributed by atoms with van der Waals surface area (Å²) >= 11 is 0. The second-order valence-corrected chi connectivity index (χ2v) is 10.2. The van der Waals surface area contributed by atoms with Gasteiger partial charge in [-0.25, -0.2) is 0 Å². The normalized spacial score (nSPS) is 15.7. The van der Waals surface area contributed by atoms with Gasteiger partial charge in [0.25, 0.3) is 5.91 Å². The Morgan fingerprint density at radius 2 is 1.62 bits per heavy atom. The number of amides is 2. The van der Waals surface area contributed by atoms with Crippen molar-refractivity contribution in [1.29, 1.82) is 0 Å². The molecule has 0 aliphatic heterocycles. The maximum absolute atomic E-state index is 13.0. The number of hydrogen-bond donors (Lipinski definition) is 3. The summed E-state index contributed by atoms with van der Waals surface area (Å²) in [6, 6.07) is 19.4. The number of benzene rings is 3. The molecule has 212 valence electrons. The first-order chi connectivity index (χ1) is 19.1. The zero-order valence-electron chi connectivity index (χ0n) is 22.0. The molecule has 3 aromatic rings. The standard InChI is InChI=1S/C31H33F3N2O4/c32-31(33,34)25-13-9-21(10-14-25)23-7-4-8-24(18-23)28(17-20-5-2-1-3-6-20)40-26-15-11-22(12-16-26)30(39)36-19-27(37)29(35)38/h4,7-16,18,20,27-28,37H,1-3,5-6,17,19H2,(H2,35,38)(H,36,39)/t27-,28-/m1/s1. The van der Waals surface area contributed by atoms with Gasteiger partial charge in [-0.2, -0.15) is 13.2 Å². The minimum absolute atomic E-state index is 0.287. The first-order valence-electron chi connectivity index (χ1n) is 13.4. The molecule has 4 N–H and O–H groups in total. The summed E-state index contributed by atoms with van der Waals surface area (Å²) in [6.45, 7) is -0.287. The van der Waals surface area contributed by atoms with E-state index in [0.29, 0.717) is 22.8 Å². The number of nitrogens with one attached hydrogen (secondary N) is 1. The van der Waals surface area contributed by atoms with E-state index in [2.05, 4.69) is 5.32 Å². The van der Waals surface area contributed by atoms with E-state index in [0.717, 1.165) is 42.5 Å². The van der Waals surface area contributed by atoms with Crippen LogP contribution in [-0.2, 0) is 11.0 Å². The number of alkyl halides is 3. The predicted octanol–water partition coefficient (Wildman–Crippen LogP) is 6.04. The molecule has 0 unspecified atom stereocenters. The Morgan fingerprint density at radius 1 is 0.950 bits per heavy atom. The lowest BCUT2D eigenvalue weighted by Gasteiger charge is -2.28. The van der Waals surface area contributed by atoms with Gasteiger partial charge in [-0.1, -0.05) is 62.4 Å². The van der Waals surface area contributed by atoms with Gasteiger partial charge in [0.15, 0.2) is 0 Å². The number of nitrogens with two attached hydrogens (primary N) is 1. The molecule has 1 aliphatic carbocycles. The maximum Gasteiger partial charge on any atom is 0.416 e. The van der Waals surface area contributed by atoms with Crippen LogP contribution in [0.15, 0.2) is 72.8 Å². The monoisotopic (exact) mass is 554 g/mol. The molecule has 40 heavy (non-hydrogen) atoms. The number of carbonyl (C=O) groups excluding carboxylic acids is 2. The SMILES string of the molecule is NC(=O)[C@H](O)CNC(=O)c1ccc(O[C@H](CC2CCCCC2)c2cccc(-c3ccc(C(F)(F)F)cc3)c2)cc1. The van der Waals surface area contributed by atoms with Crippen molar-refractivity contribution in [3.63, 3.8) is 0 Å². The number of hydrogen-bond acceptors (Lipinski definition) is 4. The van der Waals surface area contributed by atoms with Gasteiger partial charge in [0.05, 0.1) is 12.1 Å². The molecule has 0 heterocycles. The molecule has 1 aliphatic rings. The topological polar surface area (TPSA) is 102 Å². The van der Waals surface area contributed by atoms with Gasteiger partial charge in [-0.05, 0) is 71.5 Å². The molecule has 0 saturated heterocycles. The average molecular weight is 555 g/mol. The van der Waals surface area contributed by atoms with Crippen LogP contribution >= 0.6 is 0 Å². The Hall–Kier alpha value is -3.85. The fourth-order valence-corrected chi connectivity index (χ4v) is 4.99. The van der Waals surface area contributed by atoms with E-state index in [4.69, 9.17) is 10.5 Å². The predicted molar refractivity (Wildman–Crippen MR) is 145 cm³/mol. The maximum atomic E-state index is 13.0. The molecule has 1 fully saturated rings. The smallest absolute Gasteiger partial charge is 0.416 e. The van der Waals surface area contributed by atoms with E-state index < -0.39 is 29.7 Å². The van der Waals surface area contributed by atoms with E-state index in [1.165, 1.54) is 31.4 Å². The van der Waals surface area contributed by atoms with Crippen molar-refractivity contribution in [1.82, 2.24) is 5.32 Å². The van der Waals surface area contributed by atoms with Crippen molar-refractivity contribution in [2.45, 2.75) is 56.9 Å². The second-order valence-electron chi connectivity index (χ2n) is 10.2. The van der Waals surface area contributed by atoms with Crippen LogP contribution in [0.2, 0.25) is 0 Å². The highest BCUT2D eigenvalue weighted by molar-refractivity contribution is 5.94. The highest BCUT2D eigenvalue weighted by Gasteiger charge is 2.30. The van der Waals surface area contributed by atoms with Crippen molar-refractivity contribution >= 4 is 11.8 Å². The molecule has 0 aromatic heterocycles. The minimum atomic E-state index is -4.39. The lowest BCUT2D eigenvalue weighted by atomic mass is 9.84. The molecule has 2 amide bonds. The number of aliphatic hydroxyl groups is 1. The average Bonchev–Trinajstić information content (AvgIpc) is 2.96. The van der Waals surface area contributed by atoms with E-state index in [1.807, 2.05) is 24.3 Å². The Bertz CT molecular complexity index is 1290. The van der Waals surface area contributed by atoms with Gasteiger partial charge in [0, 0.05) is 5.56 Å². The lowest BCUT2D eigenvalue weighted by Crippen LogP contribution is -2.39. The summed E-state index contributed by atoms with van der Waals surface area (Å²) in [4.78, 5) is 23.3. The van der Waals surface area contributed by atoms with E-state index in [1.54, 1.807) is 24.3 Å².